The Kier molecular flexibility index (Phi) is 3.36. The Hall–Kier alpha value is -0.510. The van der Waals surface area contributed by atoms with E-state index in [1.807, 2.05) is 0 Å². The summed E-state index contributed by atoms with van der Waals surface area (Å²) >= 11 is 11.8. The van der Waals surface area contributed by atoms with Crippen molar-refractivity contribution in [1.29, 1.82) is 0 Å². The number of pyridine rings is 1. The summed E-state index contributed by atoms with van der Waals surface area (Å²) < 4.78 is 4.93. The van der Waals surface area contributed by atoms with Gasteiger partial charge in [0, 0.05) is 17.8 Å². The van der Waals surface area contributed by atoms with Crippen molar-refractivity contribution in [2.24, 2.45) is 5.73 Å². The quantitative estimate of drug-likeness (QED) is 0.834. The van der Waals surface area contributed by atoms with Gasteiger partial charge < -0.3 is 10.5 Å². The summed E-state index contributed by atoms with van der Waals surface area (Å²) in [7, 11) is 1.49. The third kappa shape index (κ3) is 2.05. The molecule has 0 amide bonds. The molecule has 0 saturated carbocycles. The van der Waals surface area contributed by atoms with E-state index in [0.717, 1.165) is 0 Å². The fourth-order valence-electron chi connectivity index (χ4n) is 1.02. The van der Waals surface area contributed by atoms with Crippen molar-refractivity contribution in [1.82, 2.24) is 4.98 Å². The minimum absolute atomic E-state index is 0.239. The van der Waals surface area contributed by atoms with Crippen LogP contribution in [0.4, 0.5) is 0 Å². The van der Waals surface area contributed by atoms with Gasteiger partial charge in [-0.3, -0.25) is 0 Å². The molecule has 72 valence electrons. The minimum atomic E-state index is -0.239. The zero-order valence-corrected chi connectivity index (χ0v) is 8.86. The maximum Gasteiger partial charge on any atom is 0.232 e. The predicted octanol–water partition coefficient (Wildman–Crippen LogP) is 2.42. The summed E-state index contributed by atoms with van der Waals surface area (Å²) in [5.41, 5.74) is 6.35. The summed E-state index contributed by atoms with van der Waals surface area (Å²) in [4.78, 5) is 3.90. The molecule has 1 aromatic heterocycles. The van der Waals surface area contributed by atoms with Crippen molar-refractivity contribution >= 4 is 23.2 Å². The Morgan fingerprint density at radius 1 is 1.54 bits per heavy atom. The highest BCUT2D eigenvalue weighted by molar-refractivity contribution is 6.36. The molecule has 0 spiro atoms. The third-order valence-corrected chi connectivity index (χ3v) is 2.29. The van der Waals surface area contributed by atoms with Crippen LogP contribution >= 0.6 is 23.2 Å². The fraction of sp³-hybridized carbons (Fsp3) is 0.375. The number of methoxy groups -OCH3 is 1. The summed E-state index contributed by atoms with van der Waals surface area (Å²) in [6.07, 6.45) is 1.48. The zero-order chi connectivity index (χ0) is 10.0. The van der Waals surface area contributed by atoms with Crippen LogP contribution in [-0.4, -0.2) is 12.1 Å². The zero-order valence-electron chi connectivity index (χ0n) is 7.34. The Morgan fingerprint density at radius 3 is 2.62 bits per heavy atom. The van der Waals surface area contributed by atoms with Gasteiger partial charge in [-0.1, -0.05) is 23.2 Å². The number of rotatable bonds is 2. The lowest BCUT2D eigenvalue weighted by atomic mass is 10.1. The number of hydrogen-bond acceptors (Lipinski definition) is 3. The number of nitrogens with zero attached hydrogens (tertiary/aromatic N) is 1. The summed E-state index contributed by atoms with van der Waals surface area (Å²) in [5, 5.41) is 0.839. The molecule has 0 bridgehead atoms. The van der Waals surface area contributed by atoms with Gasteiger partial charge in [0.15, 0.2) is 0 Å². The standard InChI is InChI=1S/C8H10Cl2N2O/c1-4(11)6-5(9)3-12-8(13-2)7(6)10/h3-4H,11H2,1-2H3/t4-/m0/s1. The second kappa shape index (κ2) is 4.13. The van der Waals surface area contributed by atoms with E-state index in [4.69, 9.17) is 33.7 Å². The SMILES string of the molecule is COc1ncc(Cl)c([C@H](C)N)c1Cl. The Morgan fingerprint density at radius 2 is 2.15 bits per heavy atom. The summed E-state index contributed by atoms with van der Waals surface area (Å²) in [5.74, 6) is 0.346. The molecule has 0 aliphatic rings. The van der Waals surface area contributed by atoms with Crippen LogP contribution in [0.25, 0.3) is 0 Å². The number of aromatic nitrogens is 1. The molecule has 0 saturated heterocycles. The smallest absolute Gasteiger partial charge is 0.232 e. The second-order valence-electron chi connectivity index (χ2n) is 2.63. The number of nitrogens with two attached hydrogens (primary N) is 1. The molecule has 0 aliphatic heterocycles. The van der Waals surface area contributed by atoms with Gasteiger partial charge in [-0.05, 0) is 6.92 Å². The highest BCUT2D eigenvalue weighted by atomic mass is 35.5. The molecule has 2 N–H and O–H groups in total. The van der Waals surface area contributed by atoms with E-state index in [1.54, 1.807) is 6.92 Å². The first kappa shape index (κ1) is 10.6. The van der Waals surface area contributed by atoms with Crippen LogP contribution in [-0.2, 0) is 0 Å². The maximum absolute atomic E-state index is 5.96. The van der Waals surface area contributed by atoms with Gasteiger partial charge in [-0.15, -0.1) is 0 Å². The topological polar surface area (TPSA) is 48.1 Å². The third-order valence-electron chi connectivity index (χ3n) is 1.63. The fourth-order valence-corrected chi connectivity index (χ4v) is 1.78. The van der Waals surface area contributed by atoms with Crippen molar-refractivity contribution in [3.63, 3.8) is 0 Å². The number of ether oxygens (including phenoxy) is 1. The van der Waals surface area contributed by atoms with Gasteiger partial charge >= 0.3 is 0 Å². The number of hydrogen-bond donors (Lipinski definition) is 1. The Labute approximate surface area is 86.8 Å². The molecule has 3 nitrogen and oxygen atoms in total. The van der Waals surface area contributed by atoms with E-state index in [1.165, 1.54) is 13.3 Å². The average molecular weight is 221 g/mol. The van der Waals surface area contributed by atoms with E-state index in [-0.39, 0.29) is 6.04 Å². The molecular weight excluding hydrogens is 211 g/mol. The lowest BCUT2D eigenvalue weighted by molar-refractivity contribution is 0.397. The molecule has 0 unspecified atom stereocenters. The second-order valence-corrected chi connectivity index (χ2v) is 3.42. The lowest BCUT2D eigenvalue weighted by Crippen LogP contribution is -2.07. The normalized spacial score (nSPS) is 12.7. The van der Waals surface area contributed by atoms with Crippen LogP contribution in [0.1, 0.15) is 18.5 Å². The molecular formula is C8H10Cl2N2O. The molecule has 1 heterocycles. The number of halogens is 2. The molecule has 1 atom stereocenters. The van der Waals surface area contributed by atoms with Crippen molar-refractivity contribution in [3.05, 3.63) is 21.8 Å². The molecule has 0 radical (unpaired) electrons. The highest BCUT2D eigenvalue weighted by Crippen LogP contribution is 2.34. The van der Waals surface area contributed by atoms with E-state index >= 15 is 0 Å². The van der Waals surface area contributed by atoms with E-state index in [0.29, 0.717) is 21.5 Å². The van der Waals surface area contributed by atoms with Crippen LogP contribution in [0.5, 0.6) is 5.88 Å². The van der Waals surface area contributed by atoms with Crippen molar-refractivity contribution < 1.29 is 4.74 Å². The van der Waals surface area contributed by atoms with Gasteiger partial charge in [-0.2, -0.15) is 0 Å². The van der Waals surface area contributed by atoms with Gasteiger partial charge in [0.05, 0.1) is 12.1 Å². The first-order chi connectivity index (χ1) is 6.07. The van der Waals surface area contributed by atoms with Crippen LogP contribution < -0.4 is 10.5 Å². The lowest BCUT2D eigenvalue weighted by Gasteiger charge is -2.12. The largest absolute Gasteiger partial charge is 0.480 e. The minimum Gasteiger partial charge on any atom is -0.480 e. The van der Waals surface area contributed by atoms with Crippen LogP contribution in [0.15, 0.2) is 6.20 Å². The van der Waals surface area contributed by atoms with Crippen molar-refractivity contribution in [2.45, 2.75) is 13.0 Å². The van der Waals surface area contributed by atoms with E-state index < -0.39 is 0 Å². The molecule has 0 aromatic carbocycles. The van der Waals surface area contributed by atoms with E-state index in [9.17, 15) is 0 Å². The first-order valence-electron chi connectivity index (χ1n) is 3.71. The van der Waals surface area contributed by atoms with Gasteiger partial charge in [0.2, 0.25) is 5.88 Å². The monoisotopic (exact) mass is 220 g/mol. The molecule has 1 rings (SSSR count). The first-order valence-corrected chi connectivity index (χ1v) is 4.47. The van der Waals surface area contributed by atoms with Crippen LogP contribution in [0.3, 0.4) is 0 Å². The predicted molar refractivity (Wildman–Crippen MR) is 53.4 cm³/mol. The molecule has 0 fully saturated rings. The van der Waals surface area contributed by atoms with Gasteiger partial charge in [0.1, 0.15) is 5.02 Å². The van der Waals surface area contributed by atoms with Crippen LogP contribution in [0, 0.1) is 0 Å². The van der Waals surface area contributed by atoms with Crippen molar-refractivity contribution in [2.75, 3.05) is 7.11 Å². The summed E-state index contributed by atoms with van der Waals surface area (Å²) in [6, 6.07) is -0.239. The van der Waals surface area contributed by atoms with E-state index in [2.05, 4.69) is 4.98 Å². The highest BCUT2D eigenvalue weighted by Gasteiger charge is 2.15. The maximum atomic E-state index is 5.96. The van der Waals surface area contributed by atoms with Gasteiger partial charge in [-0.25, -0.2) is 4.98 Å². The van der Waals surface area contributed by atoms with Gasteiger partial charge in [0.25, 0.3) is 0 Å². The summed E-state index contributed by atoms with van der Waals surface area (Å²) in [6.45, 7) is 1.80. The Balaban J connectivity index is 3.30. The van der Waals surface area contributed by atoms with Crippen molar-refractivity contribution in [3.8, 4) is 5.88 Å². The molecule has 5 heteroatoms. The average Bonchev–Trinajstić information content (AvgIpc) is 2.04. The Bertz CT molecular complexity index is 315. The molecule has 13 heavy (non-hydrogen) atoms. The molecule has 0 aliphatic carbocycles. The molecule has 1 aromatic rings. The van der Waals surface area contributed by atoms with Crippen LogP contribution in [0.2, 0.25) is 10.0 Å².